The normalized spacial score (nSPS) is 14.6. The summed E-state index contributed by atoms with van der Waals surface area (Å²) in [6.45, 7) is 2.48. The van der Waals surface area contributed by atoms with Crippen LogP contribution in [0.25, 0.3) is 0 Å². The SMILES string of the molecule is C[C@@H](NC(=O)c1ccc2c(c1)CCO2)c1ccc(S(N)(=O)=O)cc1. The molecule has 1 atom stereocenters. The van der Waals surface area contributed by atoms with E-state index in [4.69, 9.17) is 9.88 Å². The van der Waals surface area contributed by atoms with Gasteiger partial charge in [-0.1, -0.05) is 12.1 Å². The molecule has 3 rings (SSSR count). The van der Waals surface area contributed by atoms with Crippen LogP contribution in [-0.4, -0.2) is 20.9 Å². The molecular weight excluding hydrogens is 328 g/mol. The van der Waals surface area contributed by atoms with E-state index in [1.165, 1.54) is 12.1 Å². The molecule has 24 heavy (non-hydrogen) atoms. The molecule has 3 N–H and O–H groups in total. The van der Waals surface area contributed by atoms with Crippen LogP contribution in [0.3, 0.4) is 0 Å². The van der Waals surface area contributed by atoms with Crippen molar-refractivity contribution in [3.8, 4) is 5.75 Å². The maximum absolute atomic E-state index is 12.4. The highest BCUT2D eigenvalue weighted by Gasteiger charge is 2.17. The molecule has 0 bridgehead atoms. The second-order valence-corrected chi connectivity index (χ2v) is 7.29. The van der Waals surface area contributed by atoms with Gasteiger partial charge in [0.25, 0.3) is 5.91 Å². The molecule has 0 aliphatic carbocycles. The average molecular weight is 346 g/mol. The summed E-state index contributed by atoms with van der Waals surface area (Å²) in [4.78, 5) is 12.4. The van der Waals surface area contributed by atoms with Gasteiger partial charge in [-0.05, 0) is 48.4 Å². The Morgan fingerprint density at radius 1 is 1.21 bits per heavy atom. The van der Waals surface area contributed by atoms with Gasteiger partial charge < -0.3 is 10.1 Å². The van der Waals surface area contributed by atoms with E-state index in [1.54, 1.807) is 18.2 Å². The van der Waals surface area contributed by atoms with Crippen LogP contribution in [0.4, 0.5) is 0 Å². The largest absolute Gasteiger partial charge is 0.493 e. The number of carbonyl (C=O) groups is 1. The zero-order valence-electron chi connectivity index (χ0n) is 13.2. The third kappa shape index (κ3) is 3.42. The first-order valence-electron chi connectivity index (χ1n) is 7.54. The Balaban J connectivity index is 1.72. The van der Waals surface area contributed by atoms with Crippen LogP contribution in [0.5, 0.6) is 5.75 Å². The van der Waals surface area contributed by atoms with Crippen molar-refractivity contribution >= 4 is 15.9 Å². The summed E-state index contributed by atoms with van der Waals surface area (Å²) in [5.41, 5.74) is 2.40. The Morgan fingerprint density at radius 3 is 2.58 bits per heavy atom. The number of rotatable bonds is 4. The number of ether oxygens (including phenoxy) is 1. The number of benzene rings is 2. The van der Waals surface area contributed by atoms with Gasteiger partial charge in [0.15, 0.2) is 0 Å². The number of nitrogens with two attached hydrogens (primary N) is 1. The quantitative estimate of drug-likeness (QED) is 0.881. The van der Waals surface area contributed by atoms with Crippen LogP contribution in [-0.2, 0) is 16.4 Å². The van der Waals surface area contributed by atoms with E-state index in [9.17, 15) is 13.2 Å². The first-order chi connectivity index (χ1) is 11.3. The van der Waals surface area contributed by atoms with Crippen LogP contribution < -0.4 is 15.2 Å². The number of fused-ring (bicyclic) bond motifs is 1. The molecule has 7 heteroatoms. The molecule has 2 aromatic rings. The lowest BCUT2D eigenvalue weighted by Crippen LogP contribution is -2.26. The summed E-state index contributed by atoms with van der Waals surface area (Å²) in [6.07, 6.45) is 0.807. The number of hydrogen-bond acceptors (Lipinski definition) is 4. The monoisotopic (exact) mass is 346 g/mol. The summed E-state index contributed by atoms with van der Waals surface area (Å²) in [7, 11) is -3.72. The molecule has 1 aliphatic rings. The standard InChI is InChI=1S/C17H18N2O4S/c1-11(12-2-5-15(6-3-12)24(18,21)22)19-17(20)14-4-7-16-13(10-14)8-9-23-16/h2-7,10-11H,8-9H2,1H3,(H,19,20)(H2,18,21,22)/t11-/m1/s1. The van der Waals surface area contributed by atoms with Crippen molar-refractivity contribution in [2.45, 2.75) is 24.3 Å². The van der Waals surface area contributed by atoms with Crippen LogP contribution in [0.1, 0.15) is 34.5 Å². The topological polar surface area (TPSA) is 98.5 Å². The Labute approximate surface area is 140 Å². The van der Waals surface area contributed by atoms with Gasteiger partial charge in [-0.3, -0.25) is 4.79 Å². The molecule has 1 heterocycles. The number of amides is 1. The lowest BCUT2D eigenvalue weighted by molar-refractivity contribution is 0.0940. The maximum atomic E-state index is 12.4. The molecule has 0 unspecified atom stereocenters. The lowest BCUT2D eigenvalue weighted by atomic mass is 10.1. The average Bonchev–Trinajstić information content (AvgIpc) is 3.01. The lowest BCUT2D eigenvalue weighted by Gasteiger charge is -2.15. The molecule has 2 aromatic carbocycles. The van der Waals surface area contributed by atoms with Gasteiger partial charge in [0.05, 0.1) is 17.5 Å². The smallest absolute Gasteiger partial charge is 0.251 e. The molecule has 1 amide bonds. The summed E-state index contributed by atoms with van der Waals surface area (Å²) in [5, 5.41) is 7.98. The van der Waals surface area contributed by atoms with Crippen molar-refractivity contribution in [3.63, 3.8) is 0 Å². The molecule has 0 fully saturated rings. The van der Waals surface area contributed by atoms with E-state index in [-0.39, 0.29) is 16.8 Å². The minimum absolute atomic E-state index is 0.0448. The van der Waals surface area contributed by atoms with Crippen LogP contribution >= 0.6 is 0 Å². The highest BCUT2D eigenvalue weighted by Crippen LogP contribution is 2.26. The van der Waals surface area contributed by atoms with Crippen LogP contribution in [0.2, 0.25) is 0 Å². The molecule has 6 nitrogen and oxygen atoms in total. The van der Waals surface area contributed by atoms with Crippen molar-refractivity contribution in [1.82, 2.24) is 5.32 Å². The molecule has 0 spiro atoms. The Morgan fingerprint density at radius 2 is 1.92 bits per heavy atom. The summed E-state index contributed by atoms with van der Waals surface area (Å²) in [6, 6.07) is 11.3. The molecule has 1 aliphatic heterocycles. The Kier molecular flexibility index (Phi) is 4.29. The van der Waals surface area contributed by atoms with Gasteiger partial charge >= 0.3 is 0 Å². The highest BCUT2D eigenvalue weighted by atomic mass is 32.2. The summed E-state index contributed by atoms with van der Waals surface area (Å²) in [5.74, 6) is 0.644. The third-order valence-corrected chi connectivity index (χ3v) is 4.94. The van der Waals surface area contributed by atoms with Crippen molar-refractivity contribution < 1.29 is 17.9 Å². The number of nitrogens with one attached hydrogen (secondary N) is 1. The molecule has 0 radical (unpaired) electrons. The first-order valence-corrected chi connectivity index (χ1v) is 9.08. The molecule has 126 valence electrons. The van der Waals surface area contributed by atoms with Crippen molar-refractivity contribution in [1.29, 1.82) is 0 Å². The van der Waals surface area contributed by atoms with Gasteiger partial charge in [-0.2, -0.15) is 0 Å². The number of primary sulfonamides is 1. The molecule has 0 aromatic heterocycles. The maximum Gasteiger partial charge on any atom is 0.251 e. The number of sulfonamides is 1. The zero-order chi connectivity index (χ0) is 17.3. The van der Waals surface area contributed by atoms with E-state index >= 15 is 0 Å². The minimum atomic E-state index is -3.72. The van der Waals surface area contributed by atoms with Crippen molar-refractivity contribution in [2.24, 2.45) is 5.14 Å². The van der Waals surface area contributed by atoms with E-state index in [2.05, 4.69) is 5.32 Å². The van der Waals surface area contributed by atoms with Gasteiger partial charge in [-0.25, -0.2) is 13.6 Å². The fourth-order valence-corrected chi connectivity index (χ4v) is 3.15. The predicted octanol–water partition coefficient (Wildman–Crippen LogP) is 1.76. The Hall–Kier alpha value is -2.38. The van der Waals surface area contributed by atoms with E-state index in [1.807, 2.05) is 19.1 Å². The van der Waals surface area contributed by atoms with Gasteiger partial charge in [-0.15, -0.1) is 0 Å². The van der Waals surface area contributed by atoms with Gasteiger partial charge in [0.1, 0.15) is 5.75 Å². The summed E-state index contributed by atoms with van der Waals surface area (Å²) >= 11 is 0. The number of hydrogen-bond donors (Lipinski definition) is 2. The van der Waals surface area contributed by atoms with E-state index < -0.39 is 10.0 Å². The second kappa shape index (κ2) is 6.26. The van der Waals surface area contributed by atoms with Crippen molar-refractivity contribution in [3.05, 3.63) is 59.2 Å². The highest BCUT2D eigenvalue weighted by molar-refractivity contribution is 7.89. The van der Waals surface area contributed by atoms with E-state index in [0.29, 0.717) is 12.2 Å². The van der Waals surface area contributed by atoms with E-state index in [0.717, 1.165) is 23.3 Å². The number of carbonyl (C=O) groups excluding carboxylic acids is 1. The van der Waals surface area contributed by atoms with Gasteiger partial charge in [0, 0.05) is 12.0 Å². The van der Waals surface area contributed by atoms with Crippen LogP contribution in [0, 0.1) is 0 Å². The van der Waals surface area contributed by atoms with Crippen LogP contribution in [0.15, 0.2) is 47.4 Å². The minimum Gasteiger partial charge on any atom is -0.493 e. The fourth-order valence-electron chi connectivity index (χ4n) is 2.64. The Bertz CT molecular complexity index is 876. The predicted molar refractivity (Wildman–Crippen MR) is 89.3 cm³/mol. The molecule has 0 saturated carbocycles. The first kappa shape index (κ1) is 16.5. The second-order valence-electron chi connectivity index (χ2n) is 5.73. The summed E-state index contributed by atoms with van der Waals surface area (Å²) < 4.78 is 28.0. The van der Waals surface area contributed by atoms with Gasteiger partial charge in [0.2, 0.25) is 10.0 Å². The third-order valence-electron chi connectivity index (χ3n) is 4.01. The fraction of sp³-hybridized carbons (Fsp3) is 0.235. The molecular formula is C17H18N2O4S. The van der Waals surface area contributed by atoms with Crippen molar-refractivity contribution in [2.75, 3.05) is 6.61 Å². The zero-order valence-corrected chi connectivity index (χ0v) is 14.0. The molecule has 0 saturated heterocycles.